The van der Waals surface area contributed by atoms with Crippen molar-refractivity contribution >= 4 is 17.7 Å². The molecule has 1 heterocycles. The van der Waals surface area contributed by atoms with Crippen LogP contribution in [0.2, 0.25) is 0 Å². The van der Waals surface area contributed by atoms with E-state index in [4.69, 9.17) is 5.26 Å². The van der Waals surface area contributed by atoms with Gasteiger partial charge in [-0.05, 0) is 17.7 Å². The third-order valence-electron chi connectivity index (χ3n) is 1.89. The second-order valence-electron chi connectivity index (χ2n) is 3.04. The number of aromatic nitrogens is 1. The molecule has 0 saturated heterocycles. The van der Waals surface area contributed by atoms with Gasteiger partial charge in [-0.2, -0.15) is 17.0 Å². The second-order valence-corrected chi connectivity index (χ2v) is 4.15. The molecular weight excluding hydrogens is 224 g/mol. The average molecular weight is 236 g/mol. The van der Waals surface area contributed by atoms with E-state index in [1.54, 1.807) is 24.0 Å². The summed E-state index contributed by atoms with van der Waals surface area (Å²) in [4.78, 5) is 14.7. The van der Waals surface area contributed by atoms with Gasteiger partial charge in [0.25, 0.3) is 0 Å². The van der Waals surface area contributed by atoms with Gasteiger partial charge in [-0.25, -0.2) is 4.98 Å². The lowest BCUT2D eigenvalue weighted by atomic mass is 10.2. The molecule has 16 heavy (non-hydrogen) atoms. The Morgan fingerprint density at radius 2 is 2.50 bits per heavy atom. The lowest BCUT2D eigenvalue weighted by molar-refractivity contribution is -0.140. The predicted molar refractivity (Wildman–Crippen MR) is 61.7 cm³/mol. The molecule has 0 fully saturated rings. The summed E-state index contributed by atoms with van der Waals surface area (Å²) in [6, 6.07) is 5.61. The number of nitriles is 1. The van der Waals surface area contributed by atoms with E-state index in [9.17, 15) is 4.79 Å². The third-order valence-corrected chi connectivity index (χ3v) is 2.92. The smallest absolute Gasteiger partial charge is 0.306 e. The van der Waals surface area contributed by atoms with Gasteiger partial charge in [0.15, 0.2) is 0 Å². The van der Waals surface area contributed by atoms with E-state index >= 15 is 0 Å². The van der Waals surface area contributed by atoms with E-state index in [1.165, 1.54) is 7.11 Å². The van der Waals surface area contributed by atoms with Crippen LogP contribution < -0.4 is 0 Å². The van der Waals surface area contributed by atoms with Crippen LogP contribution in [0.4, 0.5) is 0 Å². The molecule has 1 aromatic rings. The molecule has 5 heteroatoms. The Hall–Kier alpha value is -1.54. The van der Waals surface area contributed by atoms with Crippen LogP contribution in [0, 0.1) is 11.3 Å². The first kappa shape index (κ1) is 12.5. The highest BCUT2D eigenvalue weighted by Crippen LogP contribution is 2.13. The number of hydrogen-bond donors (Lipinski definition) is 0. The minimum absolute atomic E-state index is 0.194. The predicted octanol–water partition coefficient (Wildman–Crippen LogP) is 1.75. The fourth-order valence-corrected chi connectivity index (χ4v) is 1.94. The van der Waals surface area contributed by atoms with Crippen LogP contribution in [-0.2, 0) is 15.3 Å². The first-order valence-corrected chi connectivity index (χ1v) is 5.91. The average Bonchev–Trinajstić information content (AvgIpc) is 2.34. The summed E-state index contributed by atoms with van der Waals surface area (Å²) in [6.07, 6.45) is 2.03. The molecule has 0 aliphatic carbocycles. The Labute approximate surface area is 98.6 Å². The fourth-order valence-electron chi connectivity index (χ4n) is 1.07. The van der Waals surface area contributed by atoms with Gasteiger partial charge in [-0.3, -0.25) is 4.79 Å². The van der Waals surface area contributed by atoms with Gasteiger partial charge >= 0.3 is 5.97 Å². The maximum Gasteiger partial charge on any atom is 0.306 e. The minimum atomic E-state index is -0.194. The van der Waals surface area contributed by atoms with E-state index in [0.717, 1.165) is 17.1 Å². The summed E-state index contributed by atoms with van der Waals surface area (Å²) in [5, 5.41) is 8.66. The molecule has 1 aromatic heterocycles. The molecule has 1 rings (SSSR count). The van der Waals surface area contributed by atoms with Crippen LogP contribution in [0.3, 0.4) is 0 Å². The zero-order valence-corrected chi connectivity index (χ0v) is 9.79. The maximum atomic E-state index is 10.8. The number of thioether (sulfide) groups is 1. The highest BCUT2D eigenvalue weighted by atomic mass is 32.2. The fraction of sp³-hybridized carbons (Fsp3) is 0.364. The van der Waals surface area contributed by atoms with Crippen LogP contribution in [0.15, 0.2) is 18.3 Å². The number of carbonyl (C=O) groups is 1. The number of pyridine rings is 1. The minimum Gasteiger partial charge on any atom is -0.469 e. The van der Waals surface area contributed by atoms with Crippen molar-refractivity contribution in [2.75, 3.05) is 12.9 Å². The van der Waals surface area contributed by atoms with Crippen molar-refractivity contribution in [3.63, 3.8) is 0 Å². The molecule has 0 amide bonds. The van der Waals surface area contributed by atoms with Crippen LogP contribution >= 0.6 is 11.8 Å². The molecule has 0 unspecified atom stereocenters. The molecule has 0 aromatic carbocycles. The molecule has 0 spiro atoms. The summed E-state index contributed by atoms with van der Waals surface area (Å²) in [5.74, 6) is 1.30. The Bertz CT molecular complexity index is 401. The molecule has 4 nitrogen and oxygen atoms in total. The Morgan fingerprint density at radius 1 is 1.69 bits per heavy atom. The first-order valence-electron chi connectivity index (χ1n) is 4.76. The highest BCUT2D eigenvalue weighted by Gasteiger charge is 2.01. The summed E-state index contributed by atoms with van der Waals surface area (Å²) in [7, 11) is 1.38. The van der Waals surface area contributed by atoms with Crippen LogP contribution in [0.25, 0.3) is 0 Å². The van der Waals surface area contributed by atoms with Crippen molar-refractivity contribution < 1.29 is 9.53 Å². The van der Waals surface area contributed by atoms with E-state index in [0.29, 0.717) is 12.1 Å². The molecule has 0 aliphatic rings. The zero-order chi connectivity index (χ0) is 11.8. The van der Waals surface area contributed by atoms with Crippen molar-refractivity contribution in [1.29, 1.82) is 5.26 Å². The molecule has 0 bridgehead atoms. The van der Waals surface area contributed by atoms with E-state index in [2.05, 4.69) is 9.72 Å². The lowest BCUT2D eigenvalue weighted by Gasteiger charge is -2.01. The molecule has 84 valence electrons. The number of hydrogen-bond acceptors (Lipinski definition) is 5. The number of nitrogens with zero attached hydrogens (tertiary/aromatic N) is 2. The first-order chi connectivity index (χ1) is 7.76. The van der Waals surface area contributed by atoms with Crippen molar-refractivity contribution in [2.45, 2.75) is 12.2 Å². The van der Waals surface area contributed by atoms with Crippen molar-refractivity contribution in [2.24, 2.45) is 0 Å². The molecule has 0 N–H and O–H groups in total. The lowest BCUT2D eigenvalue weighted by Crippen LogP contribution is -2.01. The van der Waals surface area contributed by atoms with Gasteiger partial charge in [0, 0.05) is 17.7 Å². The van der Waals surface area contributed by atoms with Crippen LogP contribution in [-0.4, -0.2) is 23.8 Å². The van der Waals surface area contributed by atoms with Gasteiger partial charge in [-0.15, -0.1) is 0 Å². The normalized spacial score (nSPS) is 9.50. The molecule has 0 atom stereocenters. The SMILES string of the molecule is COC(=O)CCSCc1ccnc(C#N)c1. The summed E-state index contributed by atoms with van der Waals surface area (Å²) >= 11 is 1.63. The highest BCUT2D eigenvalue weighted by molar-refractivity contribution is 7.98. The number of rotatable bonds is 5. The Balaban J connectivity index is 2.32. The number of esters is 1. The van der Waals surface area contributed by atoms with Gasteiger partial charge in [0.05, 0.1) is 13.5 Å². The summed E-state index contributed by atoms with van der Waals surface area (Å²) in [6.45, 7) is 0. The topological polar surface area (TPSA) is 63.0 Å². The Morgan fingerprint density at radius 3 is 3.19 bits per heavy atom. The van der Waals surface area contributed by atoms with Crippen molar-refractivity contribution in [1.82, 2.24) is 4.98 Å². The quantitative estimate of drug-likeness (QED) is 0.575. The van der Waals surface area contributed by atoms with Crippen LogP contribution in [0.1, 0.15) is 17.7 Å². The van der Waals surface area contributed by atoms with E-state index in [-0.39, 0.29) is 5.97 Å². The maximum absolute atomic E-state index is 10.8. The largest absolute Gasteiger partial charge is 0.469 e. The van der Waals surface area contributed by atoms with Gasteiger partial charge in [0.2, 0.25) is 0 Å². The number of carbonyl (C=O) groups excluding carboxylic acids is 1. The van der Waals surface area contributed by atoms with Gasteiger partial charge in [-0.1, -0.05) is 0 Å². The molecule has 0 aliphatic heterocycles. The monoisotopic (exact) mass is 236 g/mol. The number of methoxy groups -OCH3 is 1. The van der Waals surface area contributed by atoms with E-state index in [1.807, 2.05) is 12.1 Å². The standard InChI is InChI=1S/C11H12N2O2S/c1-15-11(14)3-5-16-8-9-2-4-13-10(6-9)7-12/h2,4,6H,3,5,8H2,1H3. The number of ether oxygens (including phenoxy) is 1. The second kappa shape index (κ2) is 6.85. The molecule has 0 saturated carbocycles. The molecular formula is C11H12N2O2S. The van der Waals surface area contributed by atoms with Gasteiger partial charge < -0.3 is 4.74 Å². The van der Waals surface area contributed by atoms with Crippen LogP contribution in [0.5, 0.6) is 0 Å². The van der Waals surface area contributed by atoms with Crippen molar-refractivity contribution in [3.8, 4) is 6.07 Å². The van der Waals surface area contributed by atoms with Gasteiger partial charge in [0.1, 0.15) is 11.8 Å². The summed E-state index contributed by atoms with van der Waals surface area (Å²) in [5.41, 5.74) is 1.47. The Kier molecular flexibility index (Phi) is 5.37. The molecule has 0 radical (unpaired) electrons. The van der Waals surface area contributed by atoms with E-state index < -0.39 is 0 Å². The zero-order valence-electron chi connectivity index (χ0n) is 8.97. The third kappa shape index (κ3) is 4.32. The van der Waals surface area contributed by atoms with Crippen molar-refractivity contribution in [3.05, 3.63) is 29.6 Å². The summed E-state index contributed by atoms with van der Waals surface area (Å²) < 4.78 is 4.53.